The maximum atomic E-state index is 11.2. The molecule has 66 valence electrons. The van der Waals surface area contributed by atoms with Gasteiger partial charge in [-0.25, -0.2) is 0 Å². The average molecular weight is 166 g/mol. The summed E-state index contributed by atoms with van der Waals surface area (Å²) in [5.74, 6) is 0.0665. The second-order valence-electron chi connectivity index (χ2n) is 3.61. The molecule has 1 rings (SSSR count). The van der Waals surface area contributed by atoms with Gasteiger partial charge in [0.05, 0.1) is 6.26 Å². The van der Waals surface area contributed by atoms with E-state index in [-0.39, 0.29) is 11.2 Å². The predicted molar refractivity (Wildman–Crippen MR) is 47.9 cm³/mol. The maximum Gasteiger partial charge on any atom is 0.161 e. The van der Waals surface area contributed by atoms with Crippen molar-refractivity contribution in [1.29, 1.82) is 0 Å². The first kappa shape index (κ1) is 9.04. The Morgan fingerprint density at radius 2 is 2.33 bits per heavy atom. The standard InChI is InChI=1S/C10H14O2/c1-3-10(2)5-4-9(12)8(6-10)7-11/h3,7,11H,1,4-6H2,2H3/b8-7-. The Labute approximate surface area is 72.6 Å². The minimum absolute atomic E-state index is 0.0114. The highest BCUT2D eigenvalue weighted by atomic mass is 16.2. The number of aliphatic hydroxyl groups is 1. The Bertz CT molecular complexity index is 240. The van der Waals surface area contributed by atoms with Crippen LogP contribution in [-0.4, -0.2) is 10.9 Å². The van der Waals surface area contributed by atoms with Crippen molar-refractivity contribution in [2.75, 3.05) is 0 Å². The molecule has 0 heterocycles. The minimum atomic E-state index is -0.0114. The van der Waals surface area contributed by atoms with E-state index < -0.39 is 0 Å². The number of hydrogen-bond acceptors (Lipinski definition) is 2. The summed E-state index contributed by atoms with van der Waals surface area (Å²) in [6, 6.07) is 0. The third-order valence-electron chi connectivity index (χ3n) is 2.52. The van der Waals surface area contributed by atoms with Crippen LogP contribution in [0, 0.1) is 5.41 Å². The number of allylic oxidation sites excluding steroid dienone is 2. The molecule has 1 aliphatic rings. The second kappa shape index (κ2) is 3.13. The van der Waals surface area contributed by atoms with Crippen LogP contribution in [0.4, 0.5) is 0 Å². The van der Waals surface area contributed by atoms with Gasteiger partial charge in [0, 0.05) is 12.0 Å². The Kier molecular flexibility index (Phi) is 2.36. The van der Waals surface area contributed by atoms with Gasteiger partial charge in [-0.15, -0.1) is 6.58 Å². The van der Waals surface area contributed by atoms with Gasteiger partial charge in [-0.1, -0.05) is 13.0 Å². The van der Waals surface area contributed by atoms with E-state index in [0.717, 1.165) is 12.7 Å². The van der Waals surface area contributed by atoms with Crippen LogP contribution < -0.4 is 0 Å². The van der Waals surface area contributed by atoms with Crippen molar-refractivity contribution >= 4 is 5.78 Å². The zero-order valence-corrected chi connectivity index (χ0v) is 7.34. The van der Waals surface area contributed by atoms with Gasteiger partial charge in [-0.05, 0) is 18.3 Å². The molecule has 0 bridgehead atoms. The van der Waals surface area contributed by atoms with Crippen LogP contribution in [0.15, 0.2) is 24.5 Å². The molecule has 2 nitrogen and oxygen atoms in total. The Hall–Kier alpha value is -1.05. The molecule has 0 aromatic rings. The summed E-state index contributed by atoms with van der Waals surface area (Å²) >= 11 is 0. The van der Waals surface area contributed by atoms with Crippen LogP contribution in [0.1, 0.15) is 26.2 Å². The molecule has 12 heavy (non-hydrogen) atoms. The van der Waals surface area contributed by atoms with Crippen molar-refractivity contribution in [1.82, 2.24) is 0 Å². The average Bonchev–Trinajstić information content (AvgIpc) is 2.10. The van der Waals surface area contributed by atoms with Crippen molar-refractivity contribution in [3.8, 4) is 0 Å². The fraction of sp³-hybridized carbons (Fsp3) is 0.500. The third kappa shape index (κ3) is 1.58. The van der Waals surface area contributed by atoms with E-state index in [9.17, 15) is 4.79 Å². The van der Waals surface area contributed by atoms with Crippen LogP contribution in [0.5, 0.6) is 0 Å². The van der Waals surface area contributed by atoms with Gasteiger partial charge < -0.3 is 5.11 Å². The highest BCUT2D eigenvalue weighted by Crippen LogP contribution is 2.37. The van der Waals surface area contributed by atoms with Crippen molar-refractivity contribution in [2.45, 2.75) is 26.2 Å². The van der Waals surface area contributed by atoms with Crippen molar-refractivity contribution in [3.63, 3.8) is 0 Å². The molecule has 1 N–H and O–H groups in total. The minimum Gasteiger partial charge on any atom is -0.515 e. The first-order valence-electron chi connectivity index (χ1n) is 4.11. The highest BCUT2D eigenvalue weighted by Gasteiger charge is 2.30. The predicted octanol–water partition coefficient (Wildman–Crippen LogP) is 2.37. The van der Waals surface area contributed by atoms with Gasteiger partial charge >= 0.3 is 0 Å². The summed E-state index contributed by atoms with van der Waals surface area (Å²) in [5.41, 5.74) is 0.520. The lowest BCUT2D eigenvalue weighted by molar-refractivity contribution is -0.117. The number of ketones is 1. The topological polar surface area (TPSA) is 37.3 Å². The zero-order chi connectivity index (χ0) is 9.19. The molecule has 0 aromatic heterocycles. The van der Waals surface area contributed by atoms with Crippen LogP contribution in [-0.2, 0) is 4.79 Å². The molecule has 0 radical (unpaired) electrons. The molecular weight excluding hydrogens is 152 g/mol. The molecular formula is C10H14O2. The van der Waals surface area contributed by atoms with E-state index in [1.165, 1.54) is 0 Å². The lowest BCUT2D eigenvalue weighted by Gasteiger charge is -2.30. The summed E-state index contributed by atoms with van der Waals surface area (Å²) in [6.45, 7) is 5.78. The van der Waals surface area contributed by atoms with Crippen LogP contribution in [0.3, 0.4) is 0 Å². The van der Waals surface area contributed by atoms with Crippen molar-refractivity contribution in [2.24, 2.45) is 5.41 Å². The molecule has 1 atom stereocenters. The van der Waals surface area contributed by atoms with Gasteiger partial charge in [-0.2, -0.15) is 0 Å². The lowest BCUT2D eigenvalue weighted by Crippen LogP contribution is -2.24. The summed E-state index contributed by atoms with van der Waals surface area (Å²) in [5, 5.41) is 8.77. The third-order valence-corrected chi connectivity index (χ3v) is 2.52. The summed E-state index contributed by atoms with van der Waals surface area (Å²) in [4.78, 5) is 11.2. The number of Topliss-reactive ketones (excluding diaryl/α,β-unsaturated/α-hetero) is 1. The first-order valence-corrected chi connectivity index (χ1v) is 4.11. The van der Waals surface area contributed by atoms with E-state index in [1.807, 2.05) is 6.08 Å². The quantitative estimate of drug-likeness (QED) is 0.369. The summed E-state index contributed by atoms with van der Waals surface area (Å²) in [7, 11) is 0. The second-order valence-corrected chi connectivity index (χ2v) is 3.61. The molecule has 0 aromatic carbocycles. The van der Waals surface area contributed by atoms with Gasteiger partial charge in [0.15, 0.2) is 5.78 Å². The van der Waals surface area contributed by atoms with E-state index >= 15 is 0 Å². The molecule has 1 unspecified atom stereocenters. The molecule has 1 fully saturated rings. The van der Waals surface area contributed by atoms with Crippen molar-refractivity contribution < 1.29 is 9.90 Å². The van der Waals surface area contributed by atoms with Gasteiger partial charge in [0.2, 0.25) is 0 Å². The Morgan fingerprint density at radius 1 is 1.67 bits per heavy atom. The molecule has 0 amide bonds. The Morgan fingerprint density at radius 3 is 2.83 bits per heavy atom. The van der Waals surface area contributed by atoms with Crippen molar-refractivity contribution in [3.05, 3.63) is 24.5 Å². The number of hydrogen-bond donors (Lipinski definition) is 1. The molecule has 0 saturated heterocycles. The number of carbonyl (C=O) groups is 1. The number of carbonyl (C=O) groups excluding carboxylic acids is 1. The smallest absolute Gasteiger partial charge is 0.161 e. The Balaban J connectivity index is 2.81. The maximum absolute atomic E-state index is 11.2. The number of aliphatic hydroxyl groups excluding tert-OH is 1. The number of rotatable bonds is 1. The normalized spacial score (nSPS) is 33.8. The molecule has 0 spiro atoms. The van der Waals surface area contributed by atoms with Gasteiger partial charge in [-0.3, -0.25) is 4.79 Å². The van der Waals surface area contributed by atoms with E-state index in [2.05, 4.69) is 13.5 Å². The van der Waals surface area contributed by atoms with Crippen LogP contribution >= 0.6 is 0 Å². The largest absolute Gasteiger partial charge is 0.515 e. The fourth-order valence-electron chi connectivity index (χ4n) is 1.47. The van der Waals surface area contributed by atoms with Gasteiger partial charge in [0.25, 0.3) is 0 Å². The zero-order valence-electron chi connectivity index (χ0n) is 7.34. The molecule has 0 aliphatic heterocycles. The summed E-state index contributed by atoms with van der Waals surface area (Å²) in [6.07, 6.45) is 4.78. The lowest BCUT2D eigenvalue weighted by atomic mass is 9.73. The fourth-order valence-corrected chi connectivity index (χ4v) is 1.47. The SMILES string of the molecule is C=CC1(C)CCC(=O)/C(=C\O)C1. The van der Waals surface area contributed by atoms with Crippen LogP contribution in [0.25, 0.3) is 0 Å². The first-order chi connectivity index (χ1) is 5.61. The van der Waals surface area contributed by atoms with E-state index in [1.54, 1.807) is 0 Å². The van der Waals surface area contributed by atoms with Crippen LogP contribution in [0.2, 0.25) is 0 Å². The van der Waals surface area contributed by atoms with E-state index in [0.29, 0.717) is 18.4 Å². The molecule has 1 aliphatic carbocycles. The highest BCUT2D eigenvalue weighted by molar-refractivity contribution is 5.96. The van der Waals surface area contributed by atoms with Gasteiger partial charge in [0.1, 0.15) is 0 Å². The van der Waals surface area contributed by atoms with E-state index in [4.69, 9.17) is 5.11 Å². The molecule has 1 saturated carbocycles. The summed E-state index contributed by atoms with van der Waals surface area (Å²) < 4.78 is 0. The monoisotopic (exact) mass is 166 g/mol. The molecule has 2 heteroatoms.